The van der Waals surface area contributed by atoms with Crippen LogP contribution in [0, 0.1) is 0 Å². The van der Waals surface area contributed by atoms with Gasteiger partial charge in [0.1, 0.15) is 5.01 Å². The van der Waals surface area contributed by atoms with E-state index in [4.69, 9.17) is 39.5 Å². The number of aromatic nitrogens is 1. The Balaban J connectivity index is 2.21. The normalized spacial score (nSPS) is 11.4. The van der Waals surface area contributed by atoms with Crippen molar-refractivity contribution in [2.45, 2.75) is 3.98 Å². The first kappa shape index (κ1) is 12.0. The first-order valence-corrected chi connectivity index (χ1v) is 6.33. The average Bonchev–Trinajstić information content (AvgIpc) is 2.65. The van der Waals surface area contributed by atoms with Gasteiger partial charge in [0, 0.05) is 5.56 Å². The van der Waals surface area contributed by atoms with Gasteiger partial charge in [-0.1, -0.05) is 30.3 Å². The molecular formula is C10H6Cl3NOS. The van der Waals surface area contributed by atoms with Crippen molar-refractivity contribution in [2.75, 3.05) is 0 Å². The molecule has 0 atom stereocenters. The number of benzene rings is 1. The zero-order valence-corrected chi connectivity index (χ0v) is 10.9. The Morgan fingerprint density at radius 2 is 1.81 bits per heavy atom. The van der Waals surface area contributed by atoms with Gasteiger partial charge in [-0.3, -0.25) is 0 Å². The monoisotopic (exact) mass is 293 g/mol. The molecule has 0 unspecified atom stereocenters. The van der Waals surface area contributed by atoms with E-state index in [1.54, 1.807) is 5.38 Å². The van der Waals surface area contributed by atoms with Crippen LogP contribution in [0.15, 0.2) is 35.7 Å². The smallest absolute Gasteiger partial charge is 0.339 e. The Bertz CT molecular complexity index is 466. The summed E-state index contributed by atoms with van der Waals surface area (Å²) in [7, 11) is 0. The summed E-state index contributed by atoms with van der Waals surface area (Å²) in [5, 5.41) is 2.52. The number of hydrogen-bond donors (Lipinski definition) is 0. The first-order valence-electron chi connectivity index (χ1n) is 4.31. The number of nitrogens with zero attached hydrogens (tertiary/aromatic N) is 1. The number of ether oxygens (including phenoxy) is 1. The molecule has 0 fully saturated rings. The first-order chi connectivity index (χ1) is 7.54. The maximum absolute atomic E-state index is 5.50. The molecule has 0 radical (unpaired) electrons. The Hall–Kier alpha value is -0.480. The summed E-state index contributed by atoms with van der Waals surface area (Å²) in [5.74, 6) is 0.309. The minimum absolute atomic E-state index is 0.309. The van der Waals surface area contributed by atoms with Crippen LogP contribution in [0.3, 0.4) is 0 Å². The standard InChI is InChI=1S/C10H6Cl3NOS/c11-10(12,13)15-8-6-16-9(14-8)7-4-2-1-3-5-7/h1-6H. The highest BCUT2D eigenvalue weighted by molar-refractivity contribution is 7.13. The van der Waals surface area contributed by atoms with Crippen LogP contribution >= 0.6 is 46.1 Å². The van der Waals surface area contributed by atoms with Gasteiger partial charge in [0.05, 0.1) is 5.38 Å². The average molecular weight is 295 g/mol. The molecule has 0 saturated carbocycles. The summed E-state index contributed by atoms with van der Waals surface area (Å²) in [4.78, 5) is 4.21. The molecule has 0 aliphatic carbocycles. The molecule has 2 aromatic rings. The van der Waals surface area contributed by atoms with Crippen molar-refractivity contribution < 1.29 is 4.74 Å². The Kier molecular flexibility index (Phi) is 3.60. The Morgan fingerprint density at radius 3 is 2.44 bits per heavy atom. The lowest BCUT2D eigenvalue weighted by Gasteiger charge is -2.09. The molecular weight excluding hydrogens is 289 g/mol. The second-order valence-electron chi connectivity index (χ2n) is 2.90. The van der Waals surface area contributed by atoms with Gasteiger partial charge in [0.2, 0.25) is 5.88 Å². The summed E-state index contributed by atoms with van der Waals surface area (Å²) in [6, 6.07) is 9.73. The summed E-state index contributed by atoms with van der Waals surface area (Å²) < 4.78 is 3.22. The van der Waals surface area contributed by atoms with Gasteiger partial charge in [0.15, 0.2) is 0 Å². The minimum Gasteiger partial charge on any atom is -0.427 e. The Morgan fingerprint density at radius 1 is 1.12 bits per heavy atom. The molecule has 1 aromatic heterocycles. The number of halogens is 3. The molecule has 0 aliphatic rings. The SMILES string of the molecule is ClC(Cl)(Cl)Oc1csc(-c2ccccc2)n1. The molecule has 6 heteroatoms. The molecule has 0 bridgehead atoms. The molecule has 0 aliphatic heterocycles. The third-order valence-electron chi connectivity index (χ3n) is 1.72. The van der Waals surface area contributed by atoms with Crippen molar-refractivity contribution in [3.8, 4) is 16.5 Å². The van der Waals surface area contributed by atoms with Gasteiger partial charge in [-0.2, -0.15) is 0 Å². The molecule has 0 spiro atoms. The van der Waals surface area contributed by atoms with Crippen LogP contribution in [-0.4, -0.2) is 8.96 Å². The Labute approximate surface area is 112 Å². The fraction of sp³-hybridized carbons (Fsp3) is 0.100. The van der Waals surface area contributed by atoms with Gasteiger partial charge in [-0.15, -0.1) is 11.3 Å². The second kappa shape index (κ2) is 4.80. The van der Waals surface area contributed by atoms with Crippen molar-refractivity contribution in [1.29, 1.82) is 0 Å². The fourth-order valence-corrected chi connectivity index (χ4v) is 2.10. The fourth-order valence-electron chi connectivity index (χ4n) is 1.14. The molecule has 0 saturated heterocycles. The van der Waals surface area contributed by atoms with Crippen molar-refractivity contribution in [2.24, 2.45) is 0 Å². The predicted octanol–water partition coefficient (Wildman–Crippen LogP) is 4.52. The maximum Gasteiger partial charge on any atom is 0.339 e. The van der Waals surface area contributed by atoms with Crippen molar-refractivity contribution in [3.63, 3.8) is 0 Å². The molecule has 0 amide bonds. The highest BCUT2D eigenvalue weighted by atomic mass is 35.6. The molecule has 2 nitrogen and oxygen atoms in total. The zero-order chi connectivity index (χ0) is 11.6. The van der Waals surface area contributed by atoms with E-state index in [-0.39, 0.29) is 0 Å². The van der Waals surface area contributed by atoms with Crippen LogP contribution < -0.4 is 4.74 Å². The highest BCUT2D eigenvalue weighted by Crippen LogP contribution is 2.33. The quantitative estimate of drug-likeness (QED) is 0.760. The number of thiazole rings is 1. The molecule has 84 valence electrons. The highest BCUT2D eigenvalue weighted by Gasteiger charge is 2.23. The van der Waals surface area contributed by atoms with Crippen LogP contribution in [0.25, 0.3) is 10.6 Å². The van der Waals surface area contributed by atoms with E-state index in [0.29, 0.717) is 5.88 Å². The lowest BCUT2D eigenvalue weighted by molar-refractivity contribution is 0.310. The summed E-state index contributed by atoms with van der Waals surface area (Å²) in [6.07, 6.45) is 0. The van der Waals surface area contributed by atoms with Gasteiger partial charge in [-0.25, -0.2) is 4.98 Å². The van der Waals surface area contributed by atoms with Crippen LogP contribution in [0.1, 0.15) is 0 Å². The van der Waals surface area contributed by atoms with Crippen molar-refractivity contribution >= 4 is 46.1 Å². The van der Waals surface area contributed by atoms with Gasteiger partial charge >= 0.3 is 3.98 Å². The molecule has 0 N–H and O–H groups in total. The van der Waals surface area contributed by atoms with Gasteiger partial charge < -0.3 is 4.74 Å². The number of hydrogen-bond acceptors (Lipinski definition) is 3. The van der Waals surface area contributed by atoms with Crippen LogP contribution in [0.2, 0.25) is 0 Å². The molecule has 1 aromatic carbocycles. The second-order valence-corrected chi connectivity index (χ2v) is 5.94. The van der Waals surface area contributed by atoms with Crippen LogP contribution in [-0.2, 0) is 0 Å². The van der Waals surface area contributed by atoms with E-state index in [0.717, 1.165) is 10.6 Å². The van der Waals surface area contributed by atoms with Crippen molar-refractivity contribution in [3.05, 3.63) is 35.7 Å². The van der Waals surface area contributed by atoms with Crippen LogP contribution in [0.5, 0.6) is 5.88 Å². The zero-order valence-electron chi connectivity index (χ0n) is 7.86. The van der Waals surface area contributed by atoms with E-state index in [1.807, 2.05) is 30.3 Å². The molecule has 16 heavy (non-hydrogen) atoms. The predicted molar refractivity (Wildman–Crippen MR) is 68.5 cm³/mol. The molecule has 2 rings (SSSR count). The third kappa shape index (κ3) is 3.25. The van der Waals surface area contributed by atoms with E-state index >= 15 is 0 Å². The van der Waals surface area contributed by atoms with Crippen LogP contribution in [0.4, 0.5) is 0 Å². The topological polar surface area (TPSA) is 22.1 Å². The lowest BCUT2D eigenvalue weighted by atomic mass is 10.2. The van der Waals surface area contributed by atoms with Gasteiger partial charge in [-0.05, 0) is 34.8 Å². The van der Waals surface area contributed by atoms with Gasteiger partial charge in [0.25, 0.3) is 0 Å². The summed E-state index contributed by atoms with van der Waals surface area (Å²) in [5.41, 5.74) is 1.01. The maximum atomic E-state index is 5.50. The van der Waals surface area contributed by atoms with E-state index in [2.05, 4.69) is 4.98 Å². The minimum atomic E-state index is -1.78. The van der Waals surface area contributed by atoms with Crippen molar-refractivity contribution in [1.82, 2.24) is 4.98 Å². The number of alkyl halides is 3. The lowest BCUT2D eigenvalue weighted by Crippen LogP contribution is -2.12. The summed E-state index contributed by atoms with van der Waals surface area (Å²) >= 11 is 17.9. The largest absolute Gasteiger partial charge is 0.427 e. The number of rotatable bonds is 2. The third-order valence-corrected chi connectivity index (χ3v) is 2.83. The molecule has 1 heterocycles. The van der Waals surface area contributed by atoms with E-state index in [9.17, 15) is 0 Å². The van der Waals surface area contributed by atoms with E-state index in [1.165, 1.54) is 11.3 Å². The van der Waals surface area contributed by atoms with E-state index < -0.39 is 3.98 Å². The summed E-state index contributed by atoms with van der Waals surface area (Å²) in [6.45, 7) is 0.